The number of ether oxygens (including phenoxy) is 1. The van der Waals surface area contributed by atoms with E-state index < -0.39 is 18.0 Å². The van der Waals surface area contributed by atoms with Crippen LogP contribution < -0.4 is 0 Å². The highest BCUT2D eigenvalue weighted by atomic mass is 35.5. The summed E-state index contributed by atoms with van der Waals surface area (Å²) in [5.41, 5.74) is 1.57. The largest absolute Gasteiger partial charge is 0.469 e. The molecule has 0 aliphatic heterocycles. The maximum Gasteiger partial charge on any atom is 0.312 e. The Morgan fingerprint density at radius 1 is 1.18 bits per heavy atom. The lowest BCUT2D eigenvalue weighted by Gasteiger charge is -2.29. The third-order valence-corrected chi connectivity index (χ3v) is 7.71. The molecule has 2 aromatic heterocycles. The van der Waals surface area contributed by atoms with Crippen LogP contribution in [-0.2, 0) is 22.5 Å². The first-order valence-electron chi connectivity index (χ1n) is 12.1. The highest BCUT2D eigenvalue weighted by molar-refractivity contribution is 7.10. The van der Waals surface area contributed by atoms with E-state index in [9.17, 15) is 9.90 Å². The summed E-state index contributed by atoms with van der Waals surface area (Å²) in [7, 11) is 1.39. The predicted molar refractivity (Wildman–Crippen MR) is 138 cm³/mol. The summed E-state index contributed by atoms with van der Waals surface area (Å²) in [5, 5.41) is 14.4. The fourth-order valence-corrected chi connectivity index (χ4v) is 5.54. The van der Waals surface area contributed by atoms with Crippen LogP contribution in [0.4, 0.5) is 0 Å². The van der Waals surface area contributed by atoms with Crippen LogP contribution in [0, 0.1) is 5.92 Å². The number of halogens is 1. The maximum absolute atomic E-state index is 13.1. The quantitative estimate of drug-likeness (QED) is 0.261. The molecule has 0 aliphatic carbocycles. The number of carbonyl (C=O) groups is 1. The second kappa shape index (κ2) is 13.1. The molecule has 7 heteroatoms. The van der Waals surface area contributed by atoms with Gasteiger partial charge >= 0.3 is 5.97 Å². The number of hydrogen-bond acceptors (Lipinski definition) is 5. The van der Waals surface area contributed by atoms with E-state index in [1.807, 2.05) is 46.3 Å². The van der Waals surface area contributed by atoms with E-state index in [2.05, 4.69) is 18.8 Å². The summed E-state index contributed by atoms with van der Waals surface area (Å²) in [6, 6.07) is 11.7. The zero-order chi connectivity index (χ0) is 24.5. The van der Waals surface area contributed by atoms with Crippen LogP contribution in [0.1, 0.15) is 79.9 Å². The number of rotatable bonds is 13. The van der Waals surface area contributed by atoms with Crippen molar-refractivity contribution in [2.45, 2.75) is 70.9 Å². The van der Waals surface area contributed by atoms with Gasteiger partial charge in [0, 0.05) is 22.2 Å². The number of unbranched alkanes of at least 4 members (excludes halogenated alkanes) is 2. The van der Waals surface area contributed by atoms with E-state index in [1.54, 1.807) is 17.5 Å². The molecule has 1 aromatic carbocycles. The number of aliphatic hydroxyl groups is 1. The summed E-state index contributed by atoms with van der Waals surface area (Å²) < 4.78 is 7.25. The van der Waals surface area contributed by atoms with E-state index in [-0.39, 0.29) is 5.92 Å². The summed E-state index contributed by atoms with van der Waals surface area (Å²) in [5.74, 6) is -0.371. The van der Waals surface area contributed by atoms with Gasteiger partial charge in [-0.3, -0.25) is 4.79 Å². The third-order valence-electron chi connectivity index (χ3n) is 6.34. The number of aromatic nitrogens is 2. The molecular formula is C27H35ClN2O3S. The van der Waals surface area contributed by atoms with Crippen molar-refractivity contribution < 1.29 is 14.6 Å². The van der Waals surface area contributed by atoms with Gasteiger partial charge in [-0.2, -0.15) is 0 Å². The van der Waals surface area contributed by atoms with Gasteiger partial charge in [0.1, 0.15) is 11.9 Å². The highest BCUT2D eigenvalue weighted by Crippen LogP contribution is 2.41. The SMILES string of the molecule is CCCCc1ncc(C(O)C(C(=O)OC)C(CCCC)c2cccs2)n1Cc1ccccc1Cl. The van der Waals surface area contributed by atoms with Crippen LogP contribution in [0.5, 0.6) is 0 Å². The minimum absolute atomic E-state index is 0.134. The molecule has 184 valence electrons. The lowest BCUT2D eigenvalue weighted by Crippen LogP contribution is -2.31. The smallest absolute Gasteiger partial charge is 0.312 e. The molecule has 0 fully saturated rings. The number of carbonyl (C=O) groups excluding carboxylic acids is 1. The normalized spacial score (nSPS) is 14.0. The third kappa shape index (κ3) is 6.29. The molecule has 3 aromatic rings. The Morgan fingerprint density at radius 2 is 1.94 bits per heavy atom. The molecule has 0 amide bonds. The van der Waals surface area contributed by atoms with Crippen LogP contribution in [-0.4, -0.2) is 27.7 Å². The minimum Gasteiger partial charge on any atom is -0.469 e. The molecule has 0 saturated carbocycles. The lowest BCUT2D eigenvalue weighted by molar-refractivity contribution is -0.151. The molecule has 0 aliphatic rings. The second-order valence-electron chi connectivity index (χ2n) is 8.64. The summed E-state index contributed by atoms with van der Waals surface area (Å²) >= 11 is 8.09. The van der Waals surface area contributed by atoms with Gasteiger partial charge in [-0.15, -0.1) is 11.3 Å². The van der Waals surface area contributed by atoms with Crippen molar-refractivity contribution in [3.63, 3.8) is 0 Å². The molecule has 5 nitrogen and oxygen atoms in total. The van der Waals surface area contributed by atoms with Gasteiger partial charge in [-0.25, -0.2) is 4.98 Å². The zero-order valence-electron chi connectivity index (χ0n) is 20.2. The number of aryl methyl sites for hydroxylation is 1. The first-order valence-corrected chi connectivity index (χ1v) is 13.3. The van der Waals surface area contributed by atoms with Crippen LogP contribution >= 0.6 is 22.9 Å². The molecule has 0 saturated heterocycles. The molecule has 2 heterocycles. The van der Waals surface area contributed by atoms with E-state index in [1.165, 1.54) is 7.11 Å². The van der Waals surface area contributed by atoms with Gasteiger partial charge < -0.3 is 14.4 Å². The average Bonchev–Trinajstić information content (AvgIpc) is 3.51. The minimum atomic E-state index is -1.05. The maximum atomic E-state index is 13.1. The molecule has 0 radical (unpaired) electrons. The van der Waals surface area contributed by atoms with Crippen LogP contribution in [0.2, 0.25) is 5.02 Å². The molecule has 3 atom stereocenters. The first kappa shape index (κ1) is 26.5. The molecule has 34 heavy (non-hydrogen) atoms. The molecule has 3 unspecified atom stereocenters. The highest BCUT2D eigenvalue weighted by Gasteiger charge is 2.39. The Hall–Kier alpha value is -2.15. The van der Waals surface area contributed by atoms with Gasteiger partial charge in [0.05, 0.1) is 31.5 Å². The Kier molecular flexibility index (Phi) is 10.2. The Balaban J connectivity index is 2.04. The molecule has 0 bridgehead atoms. The topological polar surface area (TPSA) is 64.3 Å². The van der Waals surface area contributed by atoms with Gasteiger partial charge in [-0.05, 0) is 35.9 Å². The van der Waals surface area contributed by atoms with Crippen molar-refractivity contribution in [3.05, 3.63) is 75.0 Å². The molecule has 3 rings (SSSR count). The Bertz CT molecular complexity index is 1030. The van der Waals surface area contributed by atoms with Gasteiger partial charge in [0.15, 0.2) is 0 Å². The summed E-state index contributed by atoms with van der Waals surface area (Å²) in [6.45, 7) is 4.76. The number of methoxy groups -OCH3 is 1. The standard InChI is InChI=1S/C27H35ClN2O3S/c1-4-6-12-20(23-14-10-16-34-23)25(27(32)33-3)26(31)22-17-29-24(15-7-5-2)30(22)18-19-11-8-9-13-21(19)28/h8-11,13-14,16-17,20,25-26,31H,4-7,12,15,18H2,1-3H3. The fourth-order valence-electron chi connectivity index (χ4n) is 4.44. The molecule has 0 spiro atoms. The molecule has 1 N–H and O–H groups in total. The lowest BCUT2D eigenvalue weighted by atomic mass is 9.81. The number of aliphatic hydroxyl groups excluding tert-OH is 1. The molecular weight excluding hydrogens is 468 g/mol. The van der Waals surface area contributed by atoms with E-state index in [0.29, 0.717) is 17.3 Å². The first-order chi connectivity index (χ1) is 16.5. The summed E-state index contributed by atoms with van der Waals surface area (Å²) in [4.78, 5) is 18.9. The van der Waals surface area contributed by atoms with Crippen molar-refractivity contribution in [1.82, 2.24) is 9.55 Å². The van der Waals surface area contributed by atoms with Crippen LogP contribution in [0.25, 0.3) is 0 Å². The van der Waals surface area contributed by atoms with Gasteiger partial charge in [0.2, 0.25) is 0 Å². The number of esters is 1. The Morgan fingerprint density at radius 3 is 2.59 bits per heavy atom. The van der Waals surface area contributed by atoms with Crippen molar-refractivity contribution in [2.75, 3.05) is 7.11 Å². The van der Waals surface area contributed by atoms with Crippen molar-refractivity contribution in [3.8, 4) is 0 Å². The zero-order valence-corrected chi connectivity index (χ0v) is 21.8. The second-order valence-corrected chi connectivity index (χ2v) is 10.0. The number of benzene rings is 1. The number of imidazole rings is 1. The van der Waals surface area contributed by atoms with Crippen molar-refractivity contribution in [1.29, 1.82) is 0 Å². The Labute approximate surface area is 211 Å². The van der Waals surface area contributed by atoms with Crippen molar-refractivity contribution in [2.24, 2.45) is 5.92 Å². The monoisotopic (exact) mass is 502 g/mol. The number of nitrogens with zero attached hydrogens (tertiary/aromatic N) is 2. The predicted octanol–water partition coefficient (Wildman–Crippen LogP) is 6.79. The van der Waals surface area contributed by atoms with Gasteiger partial charge in [-0.1, -0.05) is 69.0 Å². The van der Waals surface area contributed by atoms with E-state index in [4.69, 9.17) is 16.3 Å². The number of thiophene rings is 1. The van der Waals surface area contributed by atoms with E-state index in [0.717, 1.165) is 54.8 Å². The average molecular weight is 503 g/mol. The van der Waals surface area contributed by atoms with Crippen molar-refractivity contribution >= 4 is 28.9 Å². The van der Waals surface area contributed by atoms with E-state index >= 15 is 0 Å². The number of hydrogen-bond donors (Lipinski definition) is 1. The van der Waals surface area contributed by atoms with Crippen LogP contribution in [0.3, 0.4) is 0 Å². The van der Waals surface area contributed by atoms with Crippen LogP contribution in [0.15, 0.2) is 48.0 Å². The summed E-state index contributed by atoms with van der Waals surface area (Å²) in [6.07, 6.45) is 6.26. The fraction of sp³-hybridized carbons (Fsp3) is 0.481. The van der Waals surface area contributed by atoms with Gasteiger partial charge in [0.25, 0.3) is 0 Å².